The molecular weight excluding hydrogens is 337 g/mol. The third-order valence-corrected chi connectivity index (χ3v) is 3.56. The van der Waals surface area contributed by atoms with E-state index in [0.29, 0.717) is 10.9 Å². The van der Waals surface area contributed by atoms with Crippen molar-refractivity contribution in [1.29, 1.82) is 0 Å². The molecule has 0 aliphatic rings. The Kier molecular flexibility index (Phi) is 4.09. The number of hydrogen-bond acceptors (Lipinski definition) is 3. The lowest BCUT2D eigenvalue weighted by Gasteiger charge is -2.08. The molecule has 0 saturated heterocycles. The van der Waals surface area contributed by atoms with Gasteiger partial charge in [0.1, 0.15) is 17.3 Å². The van der Waals surface area contributed by atoms with Crippen molar-refractivity contribution < 1.29 is 19.1 Å². The summed E-state index contributed by atoms with van der Waals surface area (Å²) in [5.74, 6) is -2.04. The molecule has 0 aliphatic carbocycles. The first-order valence-corrected chi connectivity index (χ1v) is 7.19. The molecule has 0 spiro atoms. The standard InChI is InChI=1S/C16H11ClFN3O3/c17-9-1-4-14(22)11(7-9)15(23)20-21-16(24)13-6-8-5-10(18)2-3-12(8)19-13/h1-7,19,22H,(H,20,23)(H,21,24). The van der Waals surface area contributed by atoms with Gasteiger partial charge in [0.25, 0.3) is 11.8 Å². The summed E-state index contributed by atoms with van der Waals surface area (Å²) in [5.41, 5.74) is 5.02. The minimum Gasteiger partial charge on any atom is -0.507 e. The predicted molar refractivity (Wildman–Crippen MR) is 86.3 cm³/mol. The van der Waals surface area contributed by atoms with Crippen molar-refractivity contribution in [2.24, 2.45) is 0 Å². The summed E-state index contributed by atoms with van der Waals surface area (Å²) >= 11 is 5.76. The summed E-state index contributed by atoms with van der Waals surface area (Å²) in [7, 11) is 0. The van der Waals surface area contributed by atoms with Gasteiger partial charge in [0.15, 0.2) is 0 Å². The fourth-order valence-corrected chi connectivity index (χ4v) is 2.34. The number of hydrazine groups is 1. The second-order valence-corrected chi connectivity index (χ2v) is 5.42. The van der Waals surface area contributed by atoms with E-state index in [9.17, 15) is 19.1 Å². The molecule has 122 valence electrons. The van der Waals surface area contributed by atoms with Crippen molar-refractivity contribution in [3.63, 3.8) is 0 Å². The third kappa shape index (κ3) is 3.16. The van der Waals surface area contributed by atoms with Gasteiger partial charge in [0, 0.05) is 15.9 Å². The van der Waals surface area contributed by atoms with Crippen molar-refractivity contribution in [2.45, 2.75) is 0 Å². The summed E-state index contributed by atoms with van der Waals surface area (Å²) in [6.45, 7) is 0. The molecule has 0 aliphatic heterocycles. The van der Waals surface area contributed by atoms with Crippen molar-refractivity contribution in [3.8, 4) is 5.75 Å². The molecule has 4 N–H and O–H groups in total. The van der Waals surface area contributed by atoms with Gasteiger partial charge in [-0.05, 0) is 42.5 Å². The molecule has 0 atom stereocenters. The van der Waals surface area contributed by atoms with Crippen LogP contribution in [0, 0.1) is 5.82 Å². The van der Waals surface area contributed by atoms with Crippen molar-refractivity contribution >= 4 is 34.3 Å². The van der Waals surface area contributed by atoms with Crippen LogP contribution in [-0.4, -0.2) is 21.9 Å². The van der Waals surface area contributed by atoms with Gasteiger partial charge in [0.05, 0.1) is 5.56 Å². The van der Waals surface area contributed by atoms with Gasteiger partial charge in [0.2, 0.25) is 0 Å². The number of aromatic amines is 1. The Morgan fingerprint density at radius 2 is 1.79 bits per heavy atom. The van der Waals surface area contributed by atoms with Crippen LogP contribution in [0.1, 0.15) is 20.8 Å². The van der Waals surface area contributed by atoms with Crippen LogP contribution >= 0.6 is 11.6 Å². The molecule has 0 fully saturated rings. The zero-order chi connectivity index (χ0) is 17.3. The number of carbonyl (C=O) groups excluding carboxylic acids is 2. The van der Waals surface area contributed by atoms with E-state index in [1.54, 1.807) is 0 Å². The number of phenolic OH excluding ortho intramolecular Hbond substituents is 1. The number of amides is 2. The van der Waals surface area contributed by atoms with Gasteiger partial charge in [-0.1, -0.05) is 11.6 Å². The third-order valence-electron chi connectivity index (χ3n) is 3.32. The van der Waals surface area contributed by atoms with E-state index in [0.717, 1.165) is 0 Å². The first-order valence-electron chi connectivity index (χ1n) is 6.81. The molecule has 24 heavy (non-hydrogen) atoms. The second kappa shape index (κ2) is 6.21. The Bertz CT molecular complexity index is 955. The quantitative estimate of drug-likeness (QED) is 0.537. The van der Waals surface area contributed by atoms with Crippen LogP contribution in [0.4, 0.5) is 4.39 Å². The highest BCUT2D eigenvalue weighted by atomic mass is 35.5. The Morgan fingerprint density at radius 3 is 2.58 bits per heavy atom. The molecule has 0 saturated carbocycles. The molecule has 3 rings (SSSR count). The lowest BCUT2D eigenvalue weighted by Crippen LogP contribution is -2.41. The highest BCUT2D eigenvalue weighted by Crippen LogP contribution is 2.21. The molecule has 0 unspecified atom stereocenters. The molecule has 8 heteroatoms. The SMILES string of the molecule is O=C(NNC(=O)c1cc(Cl)ccc1O)c1cc2cc(F)ccc2[nH]1. The van der Waals surface area contributed by atoms with Gasteiger partial charge >= 0.3 is 0 Å². The largest absolute Gasteiger partial charge is 0.507 e. The van der Waals surface area contributed by atoms with Gasteiger partial charge in [-0.25, -0.2) is 4.39 Å². The van der Waals surface area contributed by atoms with E-state index >= 15 is 0 Å². The number of halogens is 2. The summed E-state index contributed by atoms with van der Waals surface area (Å²) in [4.78, 5) is 26.8. The molecule has 0 bridgehead atoms. The number of phenols is 1. The highest BCUT2D eigenvalue weighted by Gasteiger charge is 2.14. The van der Waals surface area contributed by atoms with Gasteiger partial charge in [-0.3, -0.25) is 20.4 Å². The second-order valence-electron chi connectivity index (χ2n) is 4.98. The number of H-pyrrole nitrogens is 1. The van der Waals surface area contributed by atoms with Gasteiger partial charge < -0.3 is 10.1 Å². The van der Waals surface area contributed by atoms with Crippen LogP contribution in [0.25, 0.3) is 10.9 Å². The van der Waals surface area contributed by atoms with Crippen LogP contribution in [0.3, 0.4) is 0 Å². The predicted octanol–water partition coefficient (Wildman–Crippen LogP) is 2.74. The van der Waals surface area contributed by atoms with Gasteiger partial charge in [-0.15, -0.1) is 0 Å². The van der Waals surface area contributed by atoms with E-state index in [1.807, 2.05) is 0 Å². The average molecular weight is 348 g/mol. The fraction of sp³-hybridized carbons (Fsp3) is 0. The molecular formula is C16H11ClFN3O3. The topological polar surface area (TPSA) is 94.2 Å². The summed E-state index contributed by atoms with van der Waals surface area (Å²) in [6.07, 6.45) is 0. The maximum absolute atomic E-state index is 13.2. The zero-order valence-corrected chi connectivity index (χ0v) is 12.8. The smallest absolute Gasteiger partial charge is 0.286 e. The maximum atomic E-state index is 13.2. The van der Waals surface area contributed by atoms with Crippen LogP contribution in [0.15, 0.2) is 42.5 Å². The minimum absolute atomic E-state index is 0.0819. The van der Waals surface area contributed by atoms with Crippen LogP contribution < -0.4 is 10.9 Å². The number of rotatable bonds is 2. The van der Waals surface area contributed by atoms with E-state index in [1.165, 1.54) is 42.5 Å². The lowest BCUT2D eigenvalue weighted by atomic mass is 10.2. The molecule has 3 aromatic rings. The normalized spacial score (nSPS) is 10.6. The Balaban J connectivity index is 1.72. The number of hydrogen-bond donors (Lipinski definition) is 4. The minimum atomic E-state index is -0.731. The summed E-state index contributed by atoms with van der Waals surface area (Å²) in [6, 6.07) is 9.47. The first-order chi connectivity index (χ1) is 11.4. The van der Waals surface area contributed by atoms with Crippen molar-refractivity contribution in [1.82, 2.24) is 15.8 Å². The van der Waals surface area contributed by atoms with Crippen LogP contribution in [0.2, 0.25) is 5.02 Å². The monoisotopic (exact) mass is 347 g/mol. The van der Waals surface area contributed by atoms with Crippen molar-refractivity contribution in [3.05, 3.63) is 64.6 Å². The number of benzene rings is 2. The lowest BCUT2D eigenvalue weighted by molar-refractivity contribution is 0.0843. The Labute approximate surface area is 140 Å². The Hall–Kier alpha value is -3.06. The van der Waals surface area contributed by atoms with E-state index < -0.39 is 17.6 Å². The van der Waals surface area contributed by atoms with E-state index in [4.69, 9.17) is 11.6 Å². The summed E-state index contributed by atoms with van der Waals surface area (Å²) < 4.78 is 13.2. The average Bonchev–Trinajstić information content (AvgIpc) is 2.97. The van der Waals surface area contributed by atoms with Gasteiger partial charge in [-0.2, -0.15) is 0 Å². The van der Waals surface area contributed by atoms with Crippen LogP contribution in [0.5, 0.6) is 5.75 Å². The van der Waals surface area contributed by atoms with E-state index in [2.05, 4.69) is 15.8 Å². The molecule has 2 aromatic carbocycles. The van der Waals surface area contributed by atoms with Crippen molar-refractivity contribution in [2.75, 3.05) is 0 Å². The number of nitrogens with one attached hydrogen (secondary N) is 3. The summed E-state index contributed by atoms with van der Waals surface area (Å²) in [5, 5.41) is 10.4. The molecule has 0 radical (unpaired) electrons. The van der Waals surface area contributed by atoms with Crippen LogP contribution in [-0.2, 0) is 0 Å². The molecule has 6 nitrogen and oxygen atoms in total. The number of fused-ring (bicyclic) bond motifs is 1. The number of carbonyl (C=O) groups is 2. The highest BCUT2D eigenvalue weighted by molar-refractivity contribution is 6.31. The first kappa shape index (κ1) is 15.8. The Morgan fingerprint density at radius 1 is 1.04 bits per heavy atom. The zero-order valence-electron chi connectivity index (χ0n) is 12.1. The molecule has 1 heterocycles. The van der Waals surface area contributed by atoms with E-state index in [-0.39, 0.29) is 22.0 Å². The molecule has 1 aromatic heterocycles. The fourth-order valence-electron chi connectivity index (χ4n) is 2.16. The number of aromatic hydroxyl groups is 1. The maximum Gasteiger partial charge on any atom is 0.286 e. The molecule has 2 amide bonds. The number of aromatic nitrogens is 1.